The standard InChI is InChI=1S/C28H24/c1-5-13-23(14-6-1)27(24-15-7-2-8-16-24)21-22-28(25-17-9-3-10-18-25)26-19-11-4-12-20-26/h1-21,28H,22H2/q-2. The van der Waals surface area contributed by atoms with Gasteiger partial charge in [-0.25, -0.2) is 0 Å². The second-order valence-corrected chi connectivity index (χ2v) is 6.96. The third-order valence-corrected chi connectivity index (χ3v) is 5.13. The smallest absolute Gasteiger partial charge is 0.0183 e. The molecule has 0 unspecified atom stereocenters. The maximum atomic E-state index is 2.40. The SMILES string of the molecule is c1ccc([C-]([CH-]CC(c2ccccc2)c2ccccc2)c2ccccc2)cc1. The van der Waals surface area contributed by atoms with E-state index in [4.69, 9.17) is 0 Å². The van der Waals surface area contributed by atoms with Gasteiger partial charge in [0.25, 0.3) is 0 Å². The van der Waals surface area contributed by atoms with E-state index in [1.54, 1.807) is 0 Å². The molecule has 0 radical (unpaired) electrons. The average Bonchev–Trinajstić information content (AvgIpc) is 2.79. The van der Waals surface area contributed by atoms with Gasteiger partial charge in [0.15, 0.2) is 0 Å². The van der Waals surface area contributed by atoms with Crippen LogP contribution in [0.5, 0.6) is 0 Å². The highest BCUT2D eigenvalue weighted by atomic mass is 14.2. The topological polar surface area (TPSA) is 0 Å². The van der Waals surface area contributed by atoms with Gasteiger partial charge in [0.1, 0.15) is 0 Å². The Morgan fingerprint density at radius 3 is 1.25 bits per heavy atom. The molecule has 0 saturated heterocycles. The average molecular weight is 361 g/mol. The van der Waals surface area contributed by atoms with Crippen LogP contribution in [0.2, 0.25) is 0 Å². The molecule has 0 heterocycles. The lowest BCUT2D eigenvalue weighted by Gasteiger charge is -2.37. The second kappa shape index (κ2) is 9.10. The Balaban J connectivity index is 1.64. The molecule has 4 aromatic rings. The highest BCUT2D eigenvalue weighted by Gasteiger charge is 2.10. The molecule has 0 heteroatoms. The molecule has 0 nitrogen and oxygen atoms in total. The summed E-state index contributed by atoms with van der Waals surface area (Å²) in [5.41, 5.74) is 5.22. The Kier molecular flexibility index (Phi) is 5.89. The number of hydrogen-bond donors (Lipinski definition) is 0. The summed E-state index contributed by atoms with van der Waals surface area (Å²) in [7, 11) is 0. The number of rotatable bonds is 7. The molecule has 0 bridgehead atoms. The molecule has 0 aliphatic heterocycles. The van der Waals surface area contributed by atoms with E-state index in [-0.39, 0.29) is 0 Å². The van der Waals surface area contributed by atoms with E-state index in [0.29, 0.717) is 5.92 Å². The van der Waals surface area contributed by atoms with E-state index in [2.05, 4.69) is 128 Å². The fourth-order valence-corrected chi connectivity index (χ4v) is 3.71. The molecule has 0 atom stereocenters. The van der Waals surface area contributed by atoms with Crippen LogP contribution >= 0.6 is 0 Å². The molecule has 0 spiro atoms. The van der Waals surface area contributed by atoms with Crippen LogP contribution in [-0.4, -0.2) is 0 Å². The minimum atomic E-state index is 0.338. The normalized spacial score (nSPS) is 10.8. The Bertz CT molecular complexity index is 782. The molecule has 28 heavy (non-hydrogen) atoms. The molecule has 4 aromatic carbocycles. The van der Waals surface area contributed by atoms with Crippen molar-refractivity contribution < 1.29 is 0 Å². The van der Waals surface area contributed by atoms with Crippen molar-refractivity contribution in [2.75, 3.05) is 0 Å². The zero-order valence-corrected chi connectivity index (χ0v) is 15.9. The van der Waals surface area contributed by atoms with Crippen LogP contribution in [0.25, 0.3) is 0 Å². The third kappa shape index (κ3) is 4.35. The fourth-order valence-electron chi connectivity index (χ4n) is 3.71. The molecular formula is C28H24-2. The van der Waals surface area contributed by atoms with E-state index >= 15 is 0 Å². The summed E-state index contributed by atoms with van der Waals surface area (Å²) in [6.07, 6.45) is 3.35. The van der Waals surface area contributed by atoms with E-state index in [1.165, 1.54) is 28.2 Å². The number of hydrogen-bond acceptors (Lipinski definition) is 0. The highest BCUT2D eigenvalue weighted by Crippen LogP contribution is 2.34. The van der Waals surface area contributed by atoms with Crippen molar-refractivity contribution >= 4 is 0 Å². The largest absolute Gasteiger partial charge is 0.337 e. The Morgan fingerprint density at radius 2 is 0.857 bits per heavy atom. The van der Waals surface area contributed by atoms with Crippen LogP contribution in [0, 0.1) is 12.3 Å². The van der Waals surface area contributed by atoms with Crippen molar-refractivity contribution in [2.45, 2.75) is 12.3 Å². The van der Waals surface area contributed by atoms with Crippen molar-refractivity contribution in [2.24, 2.45) is 0 Å². The van der Waals surface area contributed by atoms with Gasteiger partial charge in [-0.2, -0.15) is 17.5 Å². The maximum Gasteiger partial charge on any atom is -0.0183 e. The van der Waals surface area contributed by atoms with Crippen molar-refractivity contribution in [3.05, 3.63) is 156 Å². The molecule has 0 amide bonds. The van der Waals surface area contributed by atoms with Gasteiger partial charge in [0.05, 0.1) is 0 Å². The minimum Gasteiger partial charge on any atom is -0.337 e. The molecular weight excluding hydrogens is 336 g/mol. The molecule has 0 N–H and O–H groups in total. The highest BCUT2D eigenvalue weighted by molar-refractivity contribution is 5.50. The summed E-state index contributed by atoms with van der Waals surface area (Å²) in [5.74, 6) is 1.63. The van der Waals surface area contributed by atoms with Gasteiger partial charge in [-0.05, 0) is 17.0 Å². The molecule has 0 aliphatic carbocycles. The lowest BCUT2D eigenvalue weighted by molar-refractivity contribution is 0.785. The Morgan fingerprint density at radius 1 is 0.500 bits per heavy atom. The Labute approximate surface area is 168 Å². The van der Waals surface area contributed by atoms with Gasteiger partial charge in [-0.15, -0.1) is 24.3 Å². The monoisotopic (exact) mass is 360 g/mol. The molecule has 0 aromatic heterocycles. The van der Waals surface area contributed by atoms with E-state index in [0.717, 1.165) is 6.42 Å². The summed E-state index contributed by atoms with van der Waals surface area (Å²) in [5, 5.41) is 0. The van der Waals surface area contributed by atoms with Crippen LogP contribution in [-0.2, 0) is 0 Å². The first-order valence-corrected chi connectivity index (χ1v) is 9.83. The number of benzene rings is 4. The van der Waals surface area contributed by atoms with Gasteiger partial charge in [0.2, 0.25) is 0 Å². The lowest BCUT2D eigenvalue weighted by Crippen LogP contribution is -2.08. The summed E-state index contributed by atoms with van der Waals surface area (Å²) >= 11 is 0. The quantitative estimate of drug-likeness (QED) is 0.309. The third-order valence-electron chi connectivity index (χ3n) is 5.13. The van der Waals surface area contributed by atoms with Crippen molar-refractivity contribution in [1.29, 1.82) is 0 Å². The first-order chi connectivity index (χ1) is 13.9. The van der Waals surface area contributed by atoms with Crippen LogP contribution in [0.15, 0.2) is 121 Å². The summed E-state index contributed by atoms with van der Waals surface area (Å²) in [6.45, 7) is 0. The van der Waals surface area contributed by atoms with Crippen molar-refractivity contribution in [3.8, 4) is 0 Å². The molecule has 0 fully saturated rings. The fraction of sp³-hybridized carbons (Fsp3) is 0.0714. The van der Waals surface area contributed by atoms with Gasteiger partial charge in [-0.3, -0.25) is 5.92 Å². The summed E-state index contributed by atoms with van der Waals surface area (Å²) in [6, 6.07) is 43.0. The predicted molar refractivity (Wildman–Crippen MR) is 118 cm³/mol. The Hall–Kier alpha value is -3.25. The van der Waals surface area contributed by atoms with Gasteiger partial charge in [0, 0.05) is 0 Å². The van der Waals surface area contributed by atoms with E-state index < -0.39 is 0 Å². The zero-order valence-electron chi connectivity index (χ0n) is 15.9. The van der Waals surface area contributed by atoms with Crippen molar-refractivity contribution in [1.82, 2.24) is 0 Å². The van der Waals surface area contributed by atoms with Gasteiger partial charge < -0.3 is 6.42 Å². The zero-order chi connectivity index (χ0) is 19.0. The lowest BCUT2D eigenvalue weighted by atomic mass is 9.81. The molecule has 138 valence electrons. The van der Waals surface area contributed by atoms with E-state index in [1.807, 2.05) is 0 Å². The maximum absolute atomic E-state index is 2.40. The summed E-state index contributed by atoms with van der Waals surface area (Å²) in [4.78, 5) is 0. The van der Waals surface area contributed by atoms with Crippen LogP contribution in [0.3, 0.4) is 0 Å². The van der Waals surface area contributed by atoms with Crippen LogP contribution < -0.4 is 0 Å². The van der Waals surface area contributed by atoms with Crippen LogP contribution in [0.1, 0.15) is 34.6 Å². The minimum absolute atomic E-state index is 0.338. The van der Waals surface area contributed by atoms with Crippen LogP contribution in [0.4, 0.5) is 0 Å². The first kappa shape index (κ1) is 18.1. The molecule has 4 rings (SSSR count). The van der Waals surface area contributed by atoms with Gasteiger partial charge in [-0.1, -0.05) is 97.1 Å². The summed E-state index contributed by atoms with van der Waals surface area (Å²) < 4.78 is 0. The second-order valence-electron chi connectivity index (χ2n) is 6.96. The van der Waals surface area contributed by atoms with E-state index in [9.17, 15) is 0 Å². The molecule has 0 aliphatic rings. The first-order valence-electron chi connectivity index (χ1n) is 9.83. The van der Waals surface area contributed by atoms with Gasteiger partial charge >= 0.3 is 0 Å². The molecule has 0 saturated carbocycles. The van der Waals surface area contributed by atoms with Crippen molar-refractivity contribution in [3.63, 3.8) is 0 Å². The predicted octanol–water partition coefficient (Wildman–Crippen LogP) is 7.08.